The van der Waals surface area contributed by atoms with Gasteiger partial charge >= 0.3 is 0 Å². The number of aryl methyl sites for hydroxylation is 1. The summed E-state index contributed by atoms with van der Waals surface area (Å²) in [4.78, 5) is 11.7. The van der Waals surface area contributed by atoms with E-state index in [-0.39, 0.29) is 6.54 Å². The van der Waals surface area contributed by atoms with Crippen molar-refractivity contribution in [3.63, 3.8) is 0 Å². The van der Waals surface area contributed by atoms with Gasteiger partial charge in [0.15, 0.2) is 0 Å². The van der Waals surface area contributed by atoms with Crippen molar-refractivity contribution in [2.75, 3.05) is 37.8 Å². The topological polar surface area (TPSA) is 87.5 Å². The number of nitrogens with one attached hydrogen (secondary N) is 2. The molecule has 2 N–H and O–H groups in total. The molecule has 30 heavy (non-hydrogen) atoms. The van der Waals surface area contributed by atoms with Crippen LogP contribution in [0.25, 0.3) is 33.5 Å². The Bertz CT molecular complexity index is 1140. The smallest absolute Gasteiger partial charge is 0.129 e. The van der Waals surface area contributed by atoms with E-state index in [0.717, 1.165) is 72.0 Å². The molecule has 0 atom stereocenters. The van der Waals surface area contributed by atoms with E-state index >= 15 is 0 Å². The molecule has 0 bridgehead atoms. The summed E-state index contributed by atoms with van der Waals surface area (Å²) in [5.74, 6) is 0.967. The van der Waals surface area contributed by atoms with Crippen LogP contribution in [0, 0.1) is 0 Å². The molecule has 0 amide bonds. The molecule has 0 aliphatic carbocycles. The molecule has 0 saturated carbocycles. The second kappa shape index (κ2) is 8.19. The fourth-order valence-electron chi connectivity index (χ4n) is 3.78. The average Bonchev–Trinajstić information content (AvgIpc) is 3.32. The van der Waals surface area contributed by atoms with Crippen molar-refractivity contribution in [3.05, 3.63) is 42.9 Å². The molecule has 1 aliphatic heterocycles. The van der Waals surface area contributed by atoms with Crippen molar-refractivity contribution in [2.45, 2.75) is 13.0 Å². The third-order valence-electron chi connectivity index (χ3n) is 5.33. The van der Waals surface area contributed by atoms with Crippen LogP contribution in [-0.4, -0.2) is 62.8 Å². The zero-order chi connectivity index (χ0) is 20.3. The standard InChI is InChI=1S/C21H23FN8/c22-5-9-30-14-15(12-25-30)18-11-16-19(13-24-18)27-28-21(16)17-3-1-4-20(26-17)29-8-2-6-23-7-10-29/h1,3-4,11-14,23H,2,5-10H2,(H,27,28). The van der Waals surface area contributed by atoms with Crippen molar-refractivity contribution < 1.29 is 4.39 Å². The van der Waals surface area contributed by atoms with Gasteiger partial charge in [0.2, 0.25) is 0 Å². The van der Waals surface area contributed by atoms with E-state index in [1.54, 1.807) is 23.3 Å². The molecule has 0 aromatic carbocycles. The van der Waals surface area contributed by atoms with E-state index in [0.29, 0.717) is 0 Å². The normalized spacial score (nSPS) is 14.9. The average molecular weight is 406 g/mol. The van der Waals surface area contributed by atoms with E-state index < -0.39 is 6.67 Å². The first-order valence-corrected chi connectivity index (χ1v) is 10.2. The number of aromatic amines is 1. The number of fused-ring (bicyclic) bond motifs is 1. The SMILES string of the molecule is FCCn1cc(-c2cc3c(-c4cccc(N5CCCNCC5)n4)n[nH]c3cn2)cn1. The Morgan fingerprint density at radius 3 is 3.00 bits per heavy atom. The molecule has 0 spiro atoms. The summed E-state index contributed by atoms with van der Waals surface area (Å²) in [5.41, 5.74) is 4.07. The fourth-order valence-corrected chi connectivity index (χ4v) is 3.78. The molecule has 154 valence electrons. The van der Waals surface area contributed by atoms with Crippen molar-refractivity contribution in [3.8, 4) is 22.6 Å². The van der Waals surface area contributed by atoms with Crippen molar-refractivity contribution >= 4 is 16.7 Å². The lowest BCUT2D eigenvalue weighted by Gasteiger charge is -2.21. The number of nitrogens with zero attached hydrogens (tertiary/aromatic N) is 6. The number of aromatic nitrogens is 6. The third-order valence-corrected chi connectivity index (χ3v) is 5.33. The summed E-state index contributed by atoms with van der Waals surface area (Å²) in [7, 11) is 0. The van der Waals surface area contributed by atoms with Crippen LogP contribution in [0.3, 0.4) is 0 Å². The van der Waals surface area contributed by atoms with Gasteiger partial charge in [-0.2, -0.15) is 10.2 Å². The molecule has 4 aromatic heterocycles. The van der Waals surface area contributed by atoms with E-state index in [1.165, 1.54) is 0 Å². The fraction of sp³-hybridized carbons (Fsp3) is 0.333. The first-order valence-electron chi connectivity index (χ1n) is 10.2. The molecule has 0 radical (unpaired) electrons. The highest BCUT2D eigenvalue weighted by Crippen LogP contribution is 2.29. The Morgan fingerprint density at radius 2 is 2.07 bits per heavy atom. The van der Waals surface area contributed by atoms with Gasteiger partial charge < -0.3 is 10.2 Å². The molecular weight excluding hydrogens is 383 g/mol. The molecule has 8 nitrogen and oxygen atoms in total. The van der Waals surface area contributed by atoms with Crippen LogP contribution >= 0.6 is 0 Å². The summed E-state index contributed by atoms with van der Waals surface area (Å²) >= 11 is 0. The first-order chi connectivity index (χ1) is 14.8. The summed E-state index contributed by atoms with van der Waals surface area (Å²) < 4.78 is 14.2. The molecule has 1 saturated heterocycles. The highest BCUT2D eigenvalue weighted by Gasteiger charge is 2.15. The van der Waals surface area contributed by atoms with Gasteiger partial charge in [0, 0.05) is 36.8 Å². The molecule has 5 heterocycles. The van der Waals surface area contributed by atoms with Gasteiger partial charge in [0.1, 0.15) is 18.2 Å². The van der Waals surface area contributed by atoms with Crippen LogP contribution in [0.2, 0.25) is 0 Å². The minimum atomic E-state index is -0.450. The molecule has 0 unspecified atom stereocenters. The number of hydrogen-bond acceptors (Lipinski definition) is 6. The second-order valence-electron chi connectivity index (χ2n) is 7.34. The van der Waals surface area contributed by atoms with E-state index in [4.69, 9.17) is 4.98 Å². The molecule has 4 aromatic rings. The maximum atomic E-state index is 12.6. The summed E-state index contributed by atoms with van der Waals surface area (Å²) in [5, 5.41) is 16.1. The van der Waals surface area contributed by atoms with Gasteiger partial charge in [0.25, 0.3) is 0 Å². The van der Waals surface area contributed by atoms with Crippen LogP contribution in [-0.2, 0) is 6.54 Å². The van der Waals surface area contributed by atoms with Gasteiger partial charge in [-0.25, -0.2) is 9.37 Å². The number of anilines is 1. The number of halogens is 1. The van der Waals surface area contributed by atoms with Crippen molar-refractivity contribution in [1.29, 1.82) is 0 Å². The molecule has 9 heteroatoms. The predicted molar refractivity (Wildman–Crippen MR) is 114 cm³/mol. The van der Waals surface area contributed by atoms with Crippen LogP contribution in [0.15, 0.2) is 42.9 Å². The lowest BCUT2D eigenvalue weighted by atomic mass is 10.1. The summed E-state index contributed by atoms with van der Waals surface area (Å²) in [6.07, 6.45) is 6.37. The summed E-state index contributed by atoms with van der Waals surface area (Å²) in [6, 6.07) is 8.04. The van der Waals surface area contributed by atoms with E-state index in [1.807, 2.05) is 18.2 Å². The van der Waals surface area contributed by atoms with E-state index in [9.17, 15) is 4.39 Å². The molecule has 1 fully saturated rings. The number of alkyl halides is 1. The van der Waals surface area contributed by atoms with Gasteiger partial charge in [-0.3, -0.25) is 14.8 Å². The summed E-state index contributed by atoms with van der Waals surface area (Å²) in [6.45, 7) is 3.72. The third kappa shape index (κ3) is 3.63. The van der Waals surface area contributed by atoms with Crippen molar-refractivity contribution in [1.82, 2.24) is 35.3 Å². The largest absolute Gasteiger partial charge is 0.355 e. The Labute approximate surface area is 173 Å². The number of pyridine rings is 2. The van der Waals surface area contributed by atoms with Crippen molar-refractivity contribution in [2.24, 2.45) is 0 Å². The first kappa shape index (κ1) is 18.7. The van der Waals surface area contributed by atoms with Crippen LogP contribution < -0.4 is 10.2 Å². The van der Waals surface area contributed by atoms with Crippen LogP contribution in [0.4, 0.5) is 10.2 Å². The molecular formula is C21H23FN8. The highest BCUT2D eigenvalue weighted by molar-refractivity contribution is 5.93. The Hall–Kier alpha value is -3.33. The molecule has 5 rings (SSSR count). The Morgan fingerprint density at radius 1 is 1.10 bits per heavy atom. The number of hydrogen-bond donors (Lipinski definition) is 2. The van der Waals surface area contributed by atoms with E-state index in [2.05, 4.69) is 36.6 Å². The highest BCUT2D eigenvalue weighted by atomic mass is 19.1. The second-order valence-corrected chi connectivity index (χ2v) is 7.34. The zero-order valence-corrected chi connectivity index (χ0v) is 16.6. The van der Waals surface area contributed by atoms with Gasteiger partial charge in [-0.15, -0.1) is 0 Å². The lowest BCUT2D eigenvalue weighted by molar-refractivity contribution is 0.427. The van der Waals surface area contributed by atoms with Crippen LogP contribution in [0.1, 0.15) is 6.42 Å². The maximum Gasteiger partial charge on any atom is 0.129 e. The Kier molecular flexibility index (Phi) is 5.10. The van der Waals surface area contributed by atoms with Crippen LogP contribution in [0.5, 0.6) is 0 Å². The monoisotopic (exact) mass is 406 g/mol. The number of rotatable bonds is 5. The van der Waals surface area contributed by atoms with Gasteiger partial charge in [-0.1, -0.05) is 6.07 Å². The zero-order valence-electron chi connectivity index (χ0n) is 16.6. The lowest BCUT2D eigenvalue weighted by Crippen LogP contribution is -2.28. The van der Waals surface area contributed by atoms with Gasteiger partial charge in [-0.05, 0) is 31.2 Å². The quantitative estimate of drug-likeness (QED) is 0.530. The predicted octanol–water partition coefficient (Wildman–Crippen LogP) is 2.65. The minimum absolute atomic E-state index is 0.238. The molecule has 1 aliphatic rings. The Balaban J connectivity index is 1.50. The maximum absolute atomic E-state index is 12.6. The van der Waals surface area contributed by atoms with Gasteiger partial charge in [0.05, 0.1) is 35.8 Å². The number of H-pyrrole nitrogens is 1. The minimum Gasteiger partial charge on any atom is -0.355 e.